The molecule has 0 aliphatic carbocycles. The maximum atomic E-state index is 3.34. The minimum atomic E-state index is 1.30. The minimum absolute atomic E-state index is 1.30. The average molecular weight is 418 g/mol. The summed E-state index contributed by atoms with van der Waals surface area (Å²) in [6.45, 7) is 4.24. The van der Waals surface area contributed by atoms with E-state index in [1.54, 1.807) is 0 Å². The first-order chi connectivity index (χ1) is 12.8. The molecule has 0 fully saturated rings. The topological polar surface area (TPSA) is 0 Å². The van der Waals surface area contributed by atoms with E-state index in [-0.39, 0.29) is 0 Å². The molecule has 0 aromatic heterocycles. The summed E-state index contributed by atoms with van der Waals surface area (Å²) in [6, 6.07) is 41.3. The zero-order valence-electron chi connectivity index (χ0n) is 15.6. The standard InChI is InChI=1S/C7H9.2C6H5.C5H5.CH2.Zr/c1-6-4-3-5-7(6)2;2*1-2-4-6-5-3-1;1-2-4-5-3-1;;/h3-5H,1-2H3;2*1-5H;1-5H;1H2;/q4*-1;;. The second-order valence-corrected chi connectivity index (χ2v) is 5.01. The fourth-order valence-corrected chi connectivity index (χ4v) is 1.60. The Morgan fingerprint density at radius 1 is 0.615 bits per heavy atom. The van der Waals surface area contributed by atoms with Gasteiger partial charge < -0.3 is 0 Å². The molecule has 0 unspecified atom stereocenters. The Hall–Kier alpha value is -2.11. The fraction of sp³-hybridized carbons (Fsp3) is 0.0800. The second kappa shape index (κ2) is 19.2. The van der Waals surface area contributed by atoms with Crippen molar-refractivity contribution in [1.29, 1.82) is 0 Å². The Bertz CT molecular complexity index is 576. The van der Waals surface area contributed by atoms with Gasteiger partial charge in [0.2, 0.25) is 0 Å². The molecule has 4 aromatic rings. The maximum absolute atomic E-state index is 3.34. The Morgan fingerprint density at radius 3 is 1.12 bits per heavy atom. The van der Waals surface area contributed by atoms with Crippen molar-refractivity contribution in [2.45, 2.75) is 13.8 Å². The van der Waals surface area contributed by atoms with Crippen molar-refractivity contribution < 1.29 is 24.2 Å². The van der Waals surface area contributed by atoms with Crippen LogP contribution < -0.4 is 0 Å². The zero-order valence-corrected chi connectivity index (χ0v) is 18.1. The van der Waals surface area contributed by atoms with E-state index >= 15 is 0 Å². The van der Waals surface area contributed by atoms with Gasteiger partial charge in [0.05, 0.1) is 0 Å². The number of benzene rings is 2. The van der Waals surface area contributed by atoms with Crippen LogP contribution >= 0.6 is 0 Å². The quantitative estimate of drug-likeness (QED) is 0.292. The summed E-state index contributed by atoms with van der Waals surface area (Å²) in [4.78, 5) is 0. The van der Waals surface area contributed by atoms with Crippen molar-refractivity contribution in [3.05, 3.63) is 132 Å². The summed E-state index contributed by atoms with van der Waals surface area (Å²) in [5.41, 5.74) is 2.78. The minimum Gasteiger partial charge on any atom is -0.214 e. The van der Waals surface area contributed by atoms with Crippen LogP contribution in [-0.2, 0) is 24.2 Å². The molecular weight excluding hydrogens is 391 g/mol. The predicted molar refractivity (Wildman–Crippen MR) is 111 cm³/mol. The number of aryl methyl sites for hydroxylation is 2. The Morgan fingerprint density at radius 2 is 1.00 bits per heavy atom. The molecule has 134 valence electrons. The molecule has 4 aromatic carbocycles. The fourth-order valence-electron chi connectivity index (χ4n) is 1.60. The van der Waals surface area contributed by atoms with Gasteiger partial charge in [0, 0.05) is 0 Å². The summed E-state index contributed by atoms with van der Waals surface area (Å²) >= 11 is 1.30. The zero-order chi connectivity index (χ0) is 19.3. The van der Waals surface area contributed by atoms with E-state index < -0.39 is 0 Å². The summed E-state index contributed by atoms with van der Waals surface area (Å²) in [5.74, 6) is 0. The van der Waals surface area contributed by atoms with Crippen molar-refractivity contribution in [2.24, 2.45) is 0 Å². The van der Waals surface area contributed by atoms with Crippen LogP contribution in [0.25, 0.3) is 0 Å². The first-order valence-corrected chi connectivity index (χ1v) is 10.1. The maximum Gasteiger partial charge on any atom is -0.171 e. The molecule has 0 nitrogen and oxygen atoms in total. The van der Waals surface area contributed by atoms with Crippen LogP contribution in [0.15, 0.2) is 109 Å². The molecule has 0 spiro atoms. The Labute approximate surface area is 174 Å². The van der Waals surface area contributed by atoms with Crippen LogP contribution in [0.5, 0.6) is 0 Å². The van der Waals surface area contributed by atoms with Gasteiger partial charge in [-0.05, 0) is 0 Å². The van der Waals surface area contributed by atoms with Crippen molar-refractivity contribution in [3.63, 3.8) is 0 Å². The third-order valence-corrected chi connectivity index (χ3v) is 3.08. The molecule has 0 heterocycles. The number of hydrogen-bond donors (Lipinski definition) is 0. The molecule has 0 aliphatic rings. The van der Waals surface area contributed by atoms with E-state index in [2.05, 4.69) is 48.4 Å². The predicted octanol–water partition coefficient (Wildman–Crippen LogP) is 6.37. The second-order valence-electron chi connectivity index (χ2n) is 5.01. The molecule has 0 saturated carbocycles. The molecule has 0 aliphatic heterocycles. The molecule has 1 heteroatoms. The van der Waals surface area contributed by atoms with Gasteiger partial charge in [-0.3, -0.25) is 0 Å². The van der Waals surface area contributed by atoms with Gasteiger partial charge in [0.1, 0.15) is 0 Å². The summed E-state index contributed by atoms with van der Waals surface area (Å²) in [7, 11) is 0. The van der Waals surface area contributed by atoms with Gasteiger partial charge in [0.15, 0.2) is 0 Å². The third-order valence-electron chi connectivity index (χ3n) is 3.08. The normalized spacial score (nSPS) is 7.88. The first kappa shape index (κ1) is 23.9. The molecule has 0 bridgehead atoms. The van der Waals surface area contributed by atoms with Crippen LogP contribution in [0, 0.1) is 26.0 Å². The van der Waals surface area contributed by atoms with E-state index in [9.17, 15) is 0 Å². The molecule has 26 heavy (non-hydrogen) atoms. The van der Waals surface area contributed by atoms with Crippen molar-refractivity contribution >= 4 is 4.21 Å². The monoisotopic (exact) mass is 416 g/mol. The summed E-state index contributed by atoms with van der Waals surface area (Å²) in [6.07, 6.45) is 0. The smallest absolute Gasteiger partial charge is 0.171 e. The van der Waals surface area contributed by atoms with Gasteiger partial charge in [-0.1, -0.05) is 13.8 Å². The molecule has 0 radical (unpaired) electrons. The van der Waals surface area contributed by atoms with Gasteiger partial charge in [0.25, 0.3) is 0 Å². The molecule has 0 N–H and O–H groups in total. The van der Waals surface area contributed by atoms with E-state index in [0.717, 1.165) is 0 Å². The average Bonchev–Trinajstić information content (AvgIpc) is 3.43. The van der Waals surface area contributed by atoms with Crippen LogP contribution in [0.3, 0.4) is 0 Å². The SMILES string of the molecule is Cc1c[cH-]cc1C.[CH2]=[Zr].[c-]1ccccc1.[c-]1ccccc1.c1cc[cH-]c1. The summed E-state index contributed by atoms with van der Waals surface area (Å²) < 4.78 is 3.34. The van der Waals surface area contributed by atoms with E-state index in [4.69, 9.17) is 0 Å². The van der Waals surface area contributed by atoms with Crippen molar-refractivity contribution in [3.8, 4) is 0 Å². The van der Waals surface area contributed by atoms with Gasteiger partial charge >= 0.3 is 28.4 Å². The van der Waals surface area contributed by atoms with Gasteiger partial charge in [-0.15, -0.1) is 0 Å². The van der Waals surface area contributed by atoms with Crippen molar-refractivity contribution in [1.82, 2.24) is 0 Å². The largest absolute Gasteiger partial charge is 0.214 e. The molecule has 0 saturated heterocycles. The number of rotatable bonds is 0. The van der Waals surface area contributed by atoms with Crippen molar-refractivity contribution in [2.75, 3.05) is 0 Å². The Kier molecular flexibility index (Phi) is 17.7. The first-order valence-electron chi connectivity index (χ1n) is 8.34. The van der Waals surface area contributed by atoms with E-state index in [1.165, 1.54) is 35.4 Å². The van der Waals surface area contributed by atoms with Crippen LogP contribution in [0.2, 0.25) is 0 Å². The van der Waals surface area contributed by atoms with Crippen LogP contribution in [0.1, 0.15) is 11.1 Å². The molecule has 0 atom stereocenters. The summed E-state index contributed by atoms with van der Waals surface area (Å²) in [5, 5.41) is 0. The van der Waals surface area contributed by atoms with E-state index in [0.29, 0.717) is 0 Å². The van der Waals surface area contributed by atoms with E-state index in [1.807, 2.05) is 91.0 Å². The number of hydrogen-bond acceptors (Lipinski definition) is 0. The molecule has 4 rings (SSSR count). The Balaban J connectivity index is 0.000000312. The molecular formula is C25H26Zr-4. The third kappa shape index (κ3) is 15.4. The van der Waals surface area contributed by atoms with Gasteiger partial charge in [-0.2, -0.15) is 120 Å². The van der Waals surface area contributed by atoms with Gasteiger partial charge in [-0.25, -0.2) is 12.1 Å². The van der Waals surface area contributed by atoms with Crippen LogP contribution in [0.4, 0.5) is 0 Å². The van der Waals surface area contributed by atoms with Crippen LogP contribution in [-0.4, -0.2) is 4.21 Å². The molecule has 0 amide bonds.